The van der Waals surface area contributed by atoms with Crippen molar-refractivity contribution >= 4 is 5.97 Å². The molecule has 0 N–H and O–H groups in total. The largest absolute Gasteiger partial charge is 0.463 e. The van der Waals surface area contributed by atoms with Crippen LogP contribution in [0.25, 0.3) is 0 Å². The summed E-state index contributed by atoms with van der Waals surface area (Å²) in [7, 11) is 0. The predicted molar refractivity (Wildman–Crippen MR) is 70.8 cm³/mol. The number of unbranched alkanes of at least 4 members (excludes halogenated alkanes) is 1. The van der Waals surface area contributed by atoms with Gasteiger partial charge in [-0.25, -0.2) is 4.79 Å². The zero-order chi connectivity index (χ0) is 12.3. The van der Waals surface area contributed by atoms with E-state index in [0.717, 1.165) is 18.8 Å². The van der Waals surface area contributed by atoms with Crippen molar-refractivity contribution < 1.29 is 9.53 Å². The van der Waals surface area contributed by atoms with Crippen LogP contribution in [0.15, 0.2) is 12.2 Å². The number of ether oxygens (including phenoxy) is 1. The Morgan fingerprint density at radius 2 is 2.06 bits per heavy atom. The molecule has 1 saturated carbocycles. The van der Waals surface area contributed by atoms with E-state index >= 15 is 0 Å². The maximum absolute atomic E-state index is 11.2. The van der Waals surface area contributed by atoms with E-state index in [1.165, 1.54) is 44.9 Å². The molecular weight excluding hydrogens is 212 g/mol. The number of carbonyl (C=O) groups excluding carboxylic acids is 1. The van der Waals surface area contributed by atoms with Crippen LogP contribution in [0, 0.1) is 5.92 Å². The first kappa shape index (κ1) is 14.3. The molecule has 0 spiro atoms. The van der Waals surface area contributed by atoms with Crippen molar-refractivity contribution in [2.75, 3.05) is 6.61 Å². The minimum atomic E-state index is -0.190. The van der Waals surface area contributed by atoms with Crippen LogP contribution in [-0.2, 0) is 9.53 Å². The van der Waals surface area contributed by atoms with Gasteiger partial charge in [0.15, 0.2) is 0 Å². The molecule has 1 fully saturated rings. The van der Waals surface area contributed by atoms with Crippen molar-refractivity contribution in [2.45, 2.75) is 64.7 Å². The zero-order valence-corrected chi connectivity index (χ0v) is 11.1. The van der Waals surface area contributed by atoms with Crippen LogP contribution >= 0.6 is 0 Å². The first-order chi connectivity index (χ1) is 8.33. The number of hydrogen-bond acceptors (Lipinski definition) is 2. The van der Waals surface area contributed by atoms with E-state index in [0.29, 0.717) is 6.61 Å². The standard InChI is InChI=1S/C15H26O2/c1-2-13-17-15(16)12-8-4-7-11-14-9-5-3-6-10-14/h8,12,14H,2-7,9-11,13H2,1H3/b12-8+. The third kappa shape index (κ3) is 7.19. The van der Waals surface area contributed by atoms with Gasteiger partial charge < -0.3 is 4.74 Å². The molecule has 0 aromatic rings. The summed E-state index contributed by atoms with van der Waals surface area (Å²) in [5.41, 5.74) is 0. The number of allylic oxidation sites excluding steroid dienone is 1. The van der Waals surface area contributed by atoms with Crippen molar-refractivity contribution in [3.63, 3.8) is 0 Å². The van der Waals surface area contributed by atoms with Gasteiger partial charge in [-0.2, -0.15) is 0 Å². The minimum absolute atomic E-state index is 0.190. The molecule has 0 saturated heterocycles. The van der Waals surface area contributed by atoms with E-state index in [9.17, 15) is 4.79 Å². The maximum Gasteiger partial charge on any atom is 0.330 e. The monoisotopic (exact) mass is 238 g/mol. The fourth-order valence-electron chi connectivity index (χ4n) is 2.43. The second kappa shape index (κ2) is 9.26. The van der Waals surface area contributed by atoms with Crippen LogP contribution in [0.3, 0.4) is 0 Å². The molecule has 0 aliphatic heterocycles. The quantitative estimate of drug-likeness (QED) is 0.376. The fourth-order valence-corrected chi connectivity index (χ4v) is 2.43. The second-order valence-electron chi connectivity index (χ2n) is 5.00. The van der Waals surface area contributed by atoms with Gasteiger partial charge in [0.25, 0.3) is 0 Å². The molecule has 98 valence electrons. The summed E-state index contributed by atoms with van der Waals surface area (Å²) >= 11 is 0. The molecule has 0 amide bonds. The van der Waals surface area contributed by atoms with Crippen molar-refractivity contribution in [3.05, 3.63) is 12.2 Å². The SMILES string of the molecule is CCCOC(=O)/C=C/CCCC1CCCCC1. The highest BCUT2D eigenvalue weighted by Crippen LogP contribution is 2.27. The van der Waals surface area contributed by atoms with Crippen LogP contribution in [0.2, 0.25) is 0 Å². The average molecular weight is 238 g/mol. The summed E-state index contributed by atoms with van der Waals surface area (Å²) in [5.74, 6) is 0.758. The molecule has 1 rings (SSSR count). The molecule has 0 atom stereocenters. The summed E-state index contributed by atoms with van der Waals surface area (Å²) in [6, 6.07) is 0. The van der Waals surface area contributed by atoms with E-state index in [1.54, 1.807) is 6.08 Å². The highest BCUT2D eigenvalue weighted by atomic mass is 16.5. The van der Waals surface area contributed by atoms with Crippen LogP contribution in [0.5, 0.6) is 0 Å². The van der Waals surface area contributed by atoms with E-state index in [4.69, 9.17) is 4.74 Å². The Hall–Kier alpha value is -0.790. The van der Waals surface area contributed by atoms with Crippen molar-refractivity contribution in [1.82, 2.24) is 0 Å². The summed E-state index contributed by atoms with van der Waals surface area (Å²) in [6.07, 6.45) is 15.1. The topological polar surface area (TPSA) is 26.3 Å². The predicted octanol–water partition coefficient (Wildman–Crippen LogP) is 4.25. The fraction of sp³-hybridized carbons (Fsp3) is 0.800. The Kier molecular flexibility index (Phi) is 7.78. The van der Waals surface area contributed by atoms with Gasteiger partial charge in [0.05, 0.1) is 6.61 Å². The van der Waals surface area contributed by atoms with Gasteiger partial charge in [-0.15, -0.1) is 0 Å². The van der Waals surface area contributed by atoms with Gasteiger partial charge >= 0.3 is 5.97 Å². The Morgan fingerprint density at radius 1 is 1.29 bits per heavy atom. The lowest BCUT2D eigenvalue weighted by Crippen LogP contribution is -2.05. The molecule has 0 unspecified atom stereocenters. The Balaban J connectivity index is 1.98. The zero-order valence-electron chi connectivity index (χ0n) is 11.1. The van der Waals surface area contributed by atoms with Gasteiger partial charge in [0.1, 0.15) is 0 Å². The van der Waals surface area contributed by atoms with Gasteiger partial charge in [0.2, 0.25) is 0 Å². The lowest BCUT2D eigenvalue weighted by Gasteiger charge is -2.20. The van der Waals surface area contributed by atoms with Crippen molar-refractivity contribution in [2.24, 2.45) is 5.92 Å². The Labute approximate surface area is 105 Å². The van der Waals surface area contributed by atoms with E-state index < -0.39 is 0 Å². The van der Waals surface area contributed by atoms with E-state index in [-0.39, 0.29) is 5.97 Å². The lowest BCUT2D eigenvalue weighted by atomic mass is 9.86. The Bertz CT molecular complexity index is 227. The third-order valence-electron chi connectivity index (χ3n) is 3.41. The highest BCUT2D eigenvalue weighted by molar-refractivity contribution is 5.81. The molecule has 2 heteroatoms. The van der Waals surface area contributed by atoms with Crippen LogP contribution in [0.1, 0.15) is 64.7 Å². The third-order valence-corrected chi connectivity index (χ3v) is 3.41. The first-order valence-corrected chi connectivity index (χ1v) is 7.16. The van der Waals surface area contributed by atoms with Crippen LogP contribution < -0.4 is 0 Å². The van der Waals surface area contributed by atoms with Crippen LogP contribution in [0.4, 0.5) is 0 Å². The lowest BCUT2D eigenvalue weighted by molar-refractivity contribution is -0.137. The molecule has 0 radical (unpaired) electrons. The van der Waals surface area contributed by atoms with E-state index in [1.807, 2.05) is 13.0 Å². The summed E-state index contributed by atoms with van der Waals surface area (Å²) < 4.78 is 4.96. The normalized spacial score (nSPS) is 17.5. The molecule has 0 bridgehead atoms. The first-order valence-electron chi connectivity index (χ1n) is 7.16. The minimum Gasteiger partial charge on any atom is -0.463 e. The molecule has 17 heavy (non-hydrogen) atoms. The van der Waals surface area contributed by atoms with Gasteiger partial charge in [-0.3, -0.25) is 0 Å². The Morgan fingerprint density at radius 3 is 2.76 bits per heavy atom. The number of carbonyl (C=O) groups is 1. The number of hydrogen-bond donors (Lipinski definition) is 0. The molecule has 0 aromatic heterocycles. The summed E-state index contributed by atoms with van der Waals surface area (Å²) in [6.45, 7) is 2.53. The van der Waals surface area contributed by atoms with Gasteiger partial charge in [-0.1, -0.05) is 51.5 Å². The van der Waals surface area contributed by atoms with Crippen LogP contribution in [-0.4, -0.2) is 12.6 Å². The molecule has 0 heterocycles. The molecule has 1 aliphatic rings. The number of rotatable bonds is 7. The summed E-state index contributed by atoms with van der Waals surface area (Å²) in [5, 5.41) is 0. The highest BCUT2D eigenvalue weighted by Gasteiger charge is 2.11. The van der Waals surface area contributed by atoms with Crippen molar-refractivity contribution in [3.8, 4) is 0 Å². The molecular formula is C15H26O2. The van der Waals surface area contributed by atoms with Crippen molar-refractivity contribution in [1.29, 1.82) is 0 Å². The smallest absolute Gasteiger partial charge is 0.330 e. The molecule has 1 aliphatic carbocycles. The number of esters is 1. The maximum atomic E-state index is 11.2. The molecule has 2 nitrogen and oxygen atoms in total. The van der Waals surface area contributed by atoms with Gasteiger partial charge in [0, 0.05) is 6.08 Å². The molecule has 0 aromatic carbocycles. The van der Waals surface area contributed by atoms with E-state index in [2.05, 4.69) is 0 Å². The van der Waals surface area contributed by atoms with Gasteiger partial charge in [-0.05, 0) is 25.2 Å². The average Bonchev–Trinajstić information content (AvgIpc) is 2.37. The second-order valence-corrected chi connectivity index (χ2v) is 5.00. The summed E-state index contributed by atoms with van der Waals surface area (Å²) in [4.78, 5) is 11.2.